The highest BCUT2D eigenvalue weighted by atomic mass is 32.1. The van der Waals surface area contributed by atoms with E-state index in [0.29, 0.717) is 5.56 Å². The molecule has 3 rings (SSSR count). The molecule has 0 aromatic carbocycles. The summed E-state index contributed by atoms with van der Waals surface area (Å²) >= 11 is 1.60. The Hall–Kier alpha value is -2.01. The van der Waals surface area contributed by atoms with Crippen LogP contribution in [0.4, 0.5) is 5.00 Å². The number of nitrogens with zero attached hydrogens (tertiary/aromatic N) is 2. The molecular formula is C15H15N3OS. The first-order valence-electron chi connectivity index (χ1n) is 6.64. The minimum atomic E-state index is -0.369. The third-order valence-corrected chi connectivity index (χ3v) is 4.64. The normalized spacial score (nSPS) is 14.4. The van der Waals surface area contributed by atoms with Crippen LogP contribution in [0.15, 0.2) is 29.5 Å². The monoisotopic (exact) mass is 285 g/mol. The number of aliphatic imine (C=N–C) groups is 1. The molecule has 0 fully saturated rings. The van der Waals surface area contributed by atoms with Crippen molar-refractivity contribution in [1.82, 2.24) is 4.98 Å². The highest BCUT2D eigenvalue weighted by Crippen LogP contribution is 2.39. The van der Waals surface area contributed by atoms with Gasteiger partial charge in [0.25, 0.3) is 5.91 Å². The highest BCUT2D eigenvalue weighted by Gasteiger charge is 2.23. The summed E-state index contributed by atoms with van der Waals surface area (Å²) in [6.45, 7) is 0. The Bertz CT molecular complexity index is 661. The van der Waals surface area contributed by atoms with Crippen LogP contribution in [0.3, 0.4) is 0 Å². The number of fused-ring (bicyclic) bond motifs is 1. The van der Waals surface area contributed by atoms with E-state index in [1.54, 1.807) is 29.9 Å². The zero-order chi connectivity index (χ0) is 13.9. The van der Waals surface area contributed by atoms with Crippen LogP contribution in [0.25, 0.3) is 0 Å². The lowest BCUT2D eigenvalue weighted by Crippen LogP contribution is -2.14. The number of nitrogens with two attached hydrogens (primary N) is 1. The summed E-state index contributed by atoms with van der Waals surface area (Å²) in [5, 5.41) is 0.737. The number of carbonyl (C=O) groups excluding carboxylic acids is 1. The van der Waals surface area contributed by atoms with Gasteiger partial charge in [0.05, 0.1) is 5.56 Å². The Morgan fingerprint density at radius 3 is 2.80 bits per heavy atom. The number of rotatable bonds is 3. The molecule has 20 heavy (non-hydrogen) atoms. The van der Waals surface area contributed by atoms with Crippen LogP contribution in [-0.2, 0) is 12.8 Å². The van der Waals surface area contributed by atoms with Gasteiger partial charge in [0.2, 0.25) is 0 Å². The number of carbonyl (C=O) groups is 1. The summed E-state index contributed by atoms with van der Waals surface area (Å²) in [6.07, 6.45) is 9.47. The summed E-state index contributed by atoms with van der Waals surface area (Å²) in [5.41, 5.74) is 8.24. The average molecular weight is 285 g/mol. The number of hydrogen-bond donors (Lipinski definition) is 1. The van der Waals surface area contributed by atoms with Crippen LogP contribution in [0.5, 0.6) is 0 Å². The smallest absolute Gasteiger partial charge is 0.252 e. The number of primary amides is 1. The lowest BCUT2D eigenvalue weighted by molar-refractivity contribution is 0.100. The van der Waals surface area contributed by atoms with Crippen LogP contribution >= 0.6 is 11.3 Å². The van der Waals surface area contributed by atoms with Gasteiger partial charge in [0.1, 0.15) is 5.00 Å². The third-order valence-electron chi connectivity index (χ3n) is 3.44. The number of aryl methyl sites for hydroxylation is 1. The van der Waals surface area contributed by atoms with Gasteiger partial charge in [-0.05, 0) is 48.9 Å². The number of pyridine rings is 1. The standard InChI is InChI=1S/C15H15N3OS/c16-14(19)13-11-3-1-2-4-12(11)20-15(13)18-9-10-5-7-17-8-6-10/h5-9H,1-4H2,(H2,16,19). The van der Waals surface area contributed by atoms with Gasteiger partial charge in [-0.3, -0.25) is 9.78 Å². The Labute approximate surface area is 121 Å². The maximum atomic E-state index is 11.7. The predicted octanol–water partition coefficient (Wildman–Crippen LogP) is 2.87. The molecule has 2 aromatic rings. The summed E-state index contributed by atoms with van der Waals surface area (Å²) in [7, 11) is 0. The van der Waals surface area contributed by atoms with Gasteiger partial charge < -0.3 is 5.73 Å². The molecule has 2 N–H and O–H groups in total. The lowest BCUT2D eigenvalue weighted by Gasteiger charge is -2.10. The summed E-state index contributed by atoms with van der Waals surface area (Å²) in [4.78, 5) is 21.4. The molecule has 5 heteroatoms. The van der Waals surface area contributed by atoms with E-state index in [4.69, 9.17) is 5.73 Å². The molecule has 2 aromatic heterocycles. The number of thiophene rings is 1. The molecule has 0 spiro atoms. The van der Waals surface area contributed by atoms with Crippen molar-refractivity contribution in [3.63, 3.8) is 0 Å². The second-order valence-corrected chi connectivity index (χ2v) is 5.88. The van der Waals surface area contributed by atoms with Crippen molar-refractivity contribution in [3.8, 4) is 0 Å². The number of hydrogen-bond acceptors (Lipinski definition) is 4. The molecule has 1 aliphatic rings. The van der Waals surface area contributed by atoms with E-state index in [0.717, 1.165) is 35.4 Å². The highest BCUT2D eigenvalue weighted by molar-refractivity contribution is 7.16. The van der Waals surface area contributed by atoms with E-state index < -0.39 is 0 Å². The van der Waals surface area contributed by atoms with Gasteiger partial charge in [-0.2, -0.15) is 0 Å². The molecule has 0 unspecified atom stereocenters. The van der Waals surface area contributed by atoms with Crippen LogP contribution < -0.4 is 5.73 Å². The third kappa shape index (κ3) is 2.49. The quantitative estimate of drug-likeness (QED) is 0.881. The van der Waals surface area contributed by atoms with Crippen LogP contribution in [0, 0.1) is 0 Å². The van der Waals surface area contributed by atoms with Crippen LogP contribution in [0.1, 0.15) is 39.2 Å². The first-order valence-corrected chi connectivity index (χ1v) is 7.46. The second-order valence-electron chi connectivity index (χ2n) is 4.79. The van der Waals surface area contributed by atoms with Gasteiger partial charge in [-0.25, -0.2) is 4.99 Å². The Kier molecular flexibility index (Phi) is 3.60. The van der Waals surface area contributed by atoms with Crippen molar-refractivity contribution in [1.29, 1.82) is 0 Å². The van der Waals surface area contributed by atoms with Crippen molar-refractivity contribution in [2.45, 2.75) is 25.7 Å². The van der Waals surface area contributed by atoms with Gasteiger partial charge >= 0.3 is 0 Å². The van der Waals surface area contributed by atoms with Crippen molar-refractivity contribution in [3.05, 3.63) is 46.1 Å². The van der Waals surface area contributed by atoms with Crippen molar-refractivity contribution in [2.24, 2.45) is 10.7 Å². The number of amides is 1. The largest absolute Gasteiger partial charge is 0.365 e. The molecule has 1 amide bonds. The molecule has 0 atom stereocenters. The molecule has 4 nitrogen and oxygen atoms in total. The first kappa shape index (κ1) is 13.0. The SMILES string of the molecule is NC(=O)c1c(N=Cc2ccncc2)sc2c1CCCC2. The van der Waals surface area contributed by atoms with E-state index >= 15 is 0 Å². The fourth-order valence-corrected chi connectivity index (χ4v) is 3.72. The van der Waals surface area contributed by atoms with Gasteiger partial charge in [0.15, 0.2) is 0 Å². The predicted molar refractivity (Wildman–Crippen MR) is 81.0 cm³/mol. The van der Waals surface area contributed by atoms with Gasteiger partial charge in [-0.1, -0.05) is 0 Å². The van der Waals surface area contributed by atoms with E-state index in [1.807, 2.05) is 12.1 Å². The zero-order valence-electron chi connectivity index (χ0n) is 11.0. The van der Waals surface area contributed by atoms with Gasteiger partial charge in [0, 0.05) is 23.5 Å². The zero-order valence-corrected chi connectivity index (χ0v) is 11.8. The lowest BCUT2D eigenvalue weighted by atomic mass is 9.95. The fourth-order valence-electron chi connectivity index (χ4n) is 2.48. The summed E-state index contributed by atoms with van der Waals surface area (Å²) in [5.74, 6) is -0.369. The topological polar surface area (TPSA) is 68.3 Å². The molecular weight excluding hydrogens is 270 g/mol. The Morgan fingerprint density at radius 1 is 1.30 bits per heavy atom. The minimum absolute atomic E-state index is 0.369. The fraction of sp³-hybridized carbons (Fsp3) is 0.267. The first-order chi connectivity index (χ1) is 9.75. The molecule has 0 aliphatic heterocycles. The second kappa shape index (κ2) is 5.54. The van der Waals surface area contributed by atoms with Crippen molar-refractivity contribution in [2.75, 3.05) is 0 Å². The Balaban J connectivity index is 1.99. The van der Waals surface area contributed by atoms with E-state index in [1.165, 1.54) is 11.3 Å². The van der Waals surface area contributed by atoms with Gasteiger partial charge in [-0.15, -0.1) is 11.3 Å². The van der Waals surface area contributed by atoms with Crippen molar-refractivity contribution < 1.29 is 4.79 Å². The molecule has 0 bridgehead atoms. The minimum Gasteiger partial charge on any atom is -0.365 e. The average Bonchev–Trinajstić information content (AvgIpc) is 2.84. The van der Waals surface area contributed by atoms with Crippen LogP contribution in [0.2, 0.25) is 0 Å². The molecule has 0 saturated heterocycles. The molecule has 0 saturated carbocycles. The van der Waals surface area contributed by atoms with Crippen molar-refractivity contribution >= 4 is 28.5 Å². The molecule has 2 heterocycles. The summed E-state index contributed by atoms with van der Waals surface area (Å²) < 4.78 is 0. The van der Waals surface area contributed by atoms with E-state index in [2.05, 4.69) is 9.98 Å². The molecule has 102 valence electrons. The Morgan fingerprint density at radius 2 is 2.05 bits per heavy atom. The van der Waals surface area contributed by atoms with Crippen LogP contribution in [-0.4, -0.2) is 17.1 Å². The molecule has 1 aliphatic carbocycles. The maximum Gasteiger partial charge on any atom is 0.252 e. The molecule has 0 radical (unpaired) electrons. The summed E-state index contributed by atoms with van der Waals surface area (Å²) in [6, 6.07) is 3.75. The number of aromatic nitrogens is 1. The van der Waals surface area contributed by atoms with E-state index in [-0.39, 0.29) is 5.91 Å². The maximum absolute atomic E-state index is 11.7. The van der Waals surface area contributed by atoms with E-state index in [9.17, 15) is 4.79 Å².